The molecular formula is C14H15ClFN3O3S. The highest BCUT2D eigenvalue weighted by molar-refractivity contribution is 7.90. The van der Waals surface area contributed by atoms with Crippen LogP contribution < -0.4 is 10.5 Å². The molecule has 0 atom stereocenters. The van der Waals surface area contributed by atoms with Gasteiger partial charge < -0.3 is 10.5 Å². The van der Waals surface area contributed by atoms with Gasteiger partial charge in [-0.05, 0) is 30.7 Å². The number of sulfone groups is 1. The van der Waals surface area contributed by atoms with E-state index in [2.05, 4.69) is 10.2 Å². The Bertz CT molecular complexity index is 815. The van der Waals surface area contributed by atoms with Gasteiger partial charge in [0, 0.05) is 16.8 Å². The van der Waals surface area contributed by atoms with Crippen LogP contribution >= 0.6 is 11.6 Å². The summed E-state index contributed by atoms with van der Waals surface area (Å²) < 4.78 is 41.1. The quantitative estimate of drug-likeness (QED) is 0.795. The summed E-state index contributed by atoms with van der Waals surface area (Å²) in [5, 5.41) is 8.03. The van der Waals surface area contributed by atoms with Crippen LogP contribution in [0, 0.1) is 5.82 Å². The van der Waals surface area contributed by atoms with Gasteiger partial charge in [0.15, 0.2) is 0 Å². The molecule has 6 nitrogen and oxygen atoms in total. The van der Waals surface area contributed by atoms with Gasteiger partial charge in [-0.2, -0.15) is 0 Å². The maximum atomic E-state index is 13.8. The number of rotatable bonds is 6. The lowest BCUT2D eigenvalue weighted by atomic mass is 10.1. The summed E-state index contributed by atoms with van der Waals surface area (Å²) in [4.78, 5) is 0. The van der Waals surface area contributed by atoms with Crippen molar-refractivity contribution in [1.29, 1.82) is 0 Å². The molecule has 0 fully saturated rings. The van der Waals surface area contributed by atoms with E-state index in [9.17, 15) is 12.8 Å². The molecular weight excluding hydrogens is 345 g/mol. The Kier molecular flexibility index (Phi) is 5.38. The van der Waals surface area contributed by atoms with Gasteiger partial charge in [-0.1, -0.05) is 11.6 Å². The average molecular weight is 360 g/mol. The fourth-order valence-electron chi connectivity index (χ4n) is 1.82. The van der Waals surface area contributed by atoms with Gasteiger partial charge in [0.2, 0.25) is 0 Å². The Morgan fingerprint density at radius 1 is 1.30 bits per heavy atom. The Morgan fingerprint density at radius 3 is 2.70 bits per heavy atom. The molecule has 0 unspecified atom stereocenters. The Balaban J connectivity index is 2.10. The maximum absolute atomic E-state index is 13.8. The average Bonchev–Trinajstić information content (AvgIpc) is 2.46. The summed E-state index contributed by atoms with van der Waals surface area (Å²) in [7, 11) is -3.04. The lowest BCUT2D eigenvalue weighted by molar-refractivity contribution is 0.304. The molecule has 0 aliphatic carbocycles. The third kappa shape index (κ3) is 5.04. The molecule has 0 spiro atoms. The van der Waals surface area contributed by atoms with Crippen LogP contribution in [0.4, 0.5) is 10.1 Å². The molecule has 9 heteroatoms. The fraction of sp³-hybridized carbons (Fsp3) is 0.286. The lowest BCUT2D eigenvalue weighted by Gasteiger charge is -2.09. The first-order chi connectivity index (χ1) is 10.8. The molecule has 1 aromatic carbocycles. The van der Waals surface area contributed by atoms with E-state index in [-0.39, 0.29) is 35.2 Å². The van der Waals surface area contributed by atoms with E-state index in [0.717, 1.165) is 6.26 Å². The minimum Gasteiger partial charge on any atom is -0.475 e. The topological polar surface area (TPSA) is 95.2 Å². The Morgan fingerprint density at radius 2 is 2.04 bits per heavy atom. The van der Waals surface area contributed by atoms with Crippen molar-refractivity contribution in [1.82, 2.24) is 10.2 Å². The van der Waals surface area contributed by atoms with E-state index in [0.29, 0.717) is 11.4 Å². The summed E-state index contributed by atoms with van der Waals surface area (Å²) in [5.74, 6) is -0.416. The van der Waals surface area contributed by atoms with Gasteiger partial charge in [0.25, 0.3) is 5.88 Å². The van der Waals surface area contributed by atoms with Crippen LogP contribution in [0.1, 0.15) is 6.42 Å². The van der Waals surface area contributed by atoms with E-state index in [1.807, 2.05) is 0 Å². The van der Waals surface area contributed by atoms with Crippen LogP contribution in [0.3, 0.4) is 0 Å². The number of ether oxygens (including phenoxy) is 1. The van der Waals surface area contributed by atoms with E-state index in [1.165, 1.54) is 24.3 Å². The van der Waals surface area contributed by atoms with E-state index >= 15 is 0 Å². The highest BCUT2D eigenvalue weighted by Gasteiger charge is 2.12. The molecule has 0 aliphatic rings. The smallest absolute Gasteiger partial charge is 0.256 e. The zero-order valence-corrected chi connectivity index (χ0v) is 13.9. The standard InChI is InChI=1S/C14H15ClFN3O3S/c1-23(20,21)6-2-5-22-14-12(17)8-13(18-19-14)10-7-9(15)3-4-11(10)16/h3-4,7-8H,2,5-6H2,1H3,(H2,17,18). The molecule has 0 aliphatic heterocycles. The fourth-order valence-corrected chi connectivity index (χ4v) is 2.64. The number of aromatic nitrogens is 2. The van der Waals surface area contributed by atoms with Crippen LogP contribution in [-0.4, -0.2) is 37.2 Å². The predicted molar refractivity (Wildman–Crippen MR) is 86.7 cm³/mol. The molecule has 2 aromatic rings. The Labute approximate surface area is 138 Å². The van der Waals surface area contributed by atoms with Crippen LogP contribution in [0.15, 0.2) is 24.3 Å². The number of hydrogen-bond acceptors (Lipinski definition) is 6. The molecule has 1 heterocycles. The minimum absolute atomic E-state index is 0.00609. The highest BCUT2D eigenvalue weighted by atomic mass is 35.5. The number of nitrogen functional groups attached to an aromatic ring is 1. The second-order valence-corrected chi connectivity index (χ2v) is 7.64. The molecule has 0 saturated heterocycles. The maximum Gasteiger partial charge on any atom is 0.256 e. The normalized spacial score (nSPS) is 11.4. The predicted octanol–water partition coefficient (Wildman–Crippen LogP) is 2.33. The van der Waals surface area contributed by atoms with Crippen molar-refractivity contribution in [3.8, 4) is 17.1 Å². The van der Waals surface area contributed by atoms with Gasteiger partial charge in [-0.25, -0.2) is 12.8 Å². The first-order valence-electron chi connectivity index (χ1n) is 6.65. The molecule has 2 N–H and O–H groups in total. The van der Waals surface area contributed by atoms with Gasteiger partial charge in [0.1, 0.15) is 15.7 Å². The monoisotopic (exact) mass is 359 g/mol. The van der Waals surface area contributed by atoms with Gasteiger partial charge >= 0.3 is 0 Å². The number of nitrogens with zero attached hydrogens (tertiary/aromatic N) is 2. The van der Waals surface area contributed by atoms with Crippen molar-refractivity contribution in [2.45, 2.75) is 6.42 Å². The lowest BCUT2D eigenvalue weighted by Crippen LogP contribution is -2.10. The van der Waals surface area contributed by atoms with Crippen molar-refractivity contribution < 1.29 is 17.5 Å². The molecule has 0 amide bonds. The zero-order chi connectivity index (χ0) is 17.0. The summed E-state index contributed by atoms with van der Waals surface area (Å²) in [6, 6.07) is 5.50. The van der Waals surface area contributed by atoms with Crippen LogP contribution in [0.5, 0.6) is 5.88 Å². The molecule has 124 valence electrons. The van der Waals surface area contributed by atoms with E-state index < -0.39 is 15.7 Å². The molecule has 0 radical (unpaired) electrons. The van der Waals surface area contributed by atoms with Crippen LogP contribution in [0.2, 0.25) is 5.02 Å². The van der Waals surface area contributed by atoms with Crippen molar-refractivity contribution in [3.05, 3.63) is 35.1 Å². The number of halogens is 2. The Hall–Kier alpha value is -1.93. The van der Waals surface area contributed by atoms with Crippen molar-refractivity contribution >= 4 is 27.1 Å². The second-order valence-electron chi connectivity index (χ2n) is 4.95. The van der Waals surface area contributed by atoms with E-state index in [4.69, 9.17) is 22.1 Å². The molecule has 1 aromatic heterocycles. The van der Waals surface area contributed by atoms with Crippen LogP contribution in [0.25, 0.3) is 11.3 Å². The molecule has 2 rings (SSSR count). The summed E-state index contributed by atoms with van der Waals surface area (Å²) in [6.07, 6.45) is 1.46. The van der Waals surface area contributed by atoms with Gasteiger partial charge in [0.05, 0.1) is 23.7 Å². The summed E-state index contributed by atoms with van der Waals surface area (Å²) in [6.45, 7) is 0.136. The van der Waals surface area contributed by atoms with Gasteiger partial charge in [-0.3, -0.25) is 0 Å². The highest BCUT2D eigenvalue weighted by Crippen LogP contribution is 2.28. The third-order valence-electron chi connectivity index (χ3n) is 2.89. The number of nitrogens with two attached hydrogens (primary N) is 1. The van der Waals surface area contributed by atoms with E-state index in [1.54, 1.807) is 0 Å². The molecule has 23 heavy (non-hydrogen) atoms. The minimum atomic E-state index is -3.04. The zero-order valence-electron chi connectivity index (χ0n) is 12.3. The largest absolute Gasteiger partial charge is 0.475 e. The van der Waals surface area contributed by atoms with Crippen LogP contribution in [-0.2, 0) is 9.84 Å². The summed E-state index contributed by atoms with van der Waals surface area (Å²) in [5.41, 5.74) is 6.40. The first kappa shape index (κ1) is 17.4. The molecule has 0 saturated carbocycles. The SMILES string of the molecule is CS(=O)(=O)CCCOc1nnc(-c2cc(Cl)ccc2F)cc1N. The third-order valence-corrected chi connectivity index (χ3v) is 4.16. The van der Waals surface area contributed by atoms with Gasteiger partial charge in [-0.15, -0.1) is 10.2 Å². The second kappa shape index (κ2) is 7.10. The number of benzene rings is 1. The molecule has 0 bridgehead atoms. The van der Waals surface area contributed by atoms with Crippen molar-refractivity contribution in [2.75, 3.05) is 24.3 Å². The number of hydrogen-bond donors (Lipinski definition) is 1. The first-order valence-corrected chi connectivity index (χ1v) is 9.09. The summed E-state index contributed by atoms with van der Waals surface area (Å²) >= 11 is 5.84. The van der Waals surface area contributed by atoms with Crippen molar-refractivity contribution in [2.24, 2.45) is 0 Å². The number of anilines is 1. The van der Waals surface area contributed by atoms with Crippen molar-refractivity contribution in [3.63, 3.8) is 0 Å².